The molecule has 98 valence electrons. The van der Waals surface area contributed by atoms with E-state index in [2.05, 4.69) is 15.9 Å². The van der Waals surface area contributed by atoms with Gasteiger partial charge in [-0.3, -0.25) is 4.79 Å². The molecule has 2 aromatic rings. The smallest absolute Gasteiger partial charge is 0.198 e. The maximum absolute atomic E-state index is 13.8. The van der Waals surface area contributed by atoms with E-state index in [1.807, 2.05) is 6.26 Å². The van der Waals surface area contributed by atoms with Gasteiger partial charge >= 0.3 is 0 Å². The van der Waals surface area contributed by atoms with Gasteiger partial charge < -0.3 is 0 Å². The first kappa shape index (κ1) is 14.2. The Morgan fingerprint density at radius 1 is 1.11 bits per heavy atom. The zero-order chi connectivity index (χ0) is 14.0. The van der Waals surface area contributed by atoms with Crippen LogP contribution >= 0.6 is 27.7 Å². The molecule has 2 rings (SSSR count). The Morgan fingerprint density at radius 2 is 1.74 bits per heavy atom. The zero-order valence-electron chi connectivity index (χ0n) is 9.91. The molecule has 0 unspecified atom stereocenters. The molecule has 0 aromatic heterocycles. The molecule has 0 aliphatic carbocycles. The summed E-state index contributed by atoms with van der Waals surface area (Å²) in [6.45, 7) is 0. The van der Waals surface area contributed by atoms with Crippen molar-refractivity contribution in [3.05, 3.63) is 63.6 Å². The highest BCUT2D eigenvalue weighted by Gasteiger charge is 2.20. The van der Waals surface area contributed by atoms with Gasteiger partial charge in [0.2, 0.25) is 0 Å². The minimum Gasteiger partial charge on any atom is -0.288 e. The van der Waals surface area contributed by atoms with Crippen LogP contribution in [0.15, 0.2) is 45.8 Å². The lowest BCUT2D eigenvalue weighted by Gasteiger charge is -2.06. The average molecular weight is 343 g/mol. The van der Waals surface area contributed by atoms with Crippen molar-refractivity contribution >= 4 is 33.5 Å². The van der Waals surface area contributed by atoms with E-state index in [0.29, 0.717) is 0 Å². The Hall–Kier alpha value is -1.20. The summed E-state index contributed by atoms with van der Waals surface area (Å²) in [5, 5.41) is 0. The highest BCUT2D eigenvalue weighted by atomic mass is 79.9. The van der Waals surface area contributed by atoms with Crippen LogP contribution in [0.25, 0.3) is 0 Å². The summed E-state index contributed by atoms with van der Waals surface area (Å²) >= 11 is 4.47. The van der Waals surface area contributed by atoms with Gasteiger partial charge in [-0.1, -0.05) is 0 Å². The van der Waals surface area contributed by atoms with Crippen LogP contribution in [-0.4, -0.2) is 12.0 Å². The van der Waals surface area contributed by atoms with Gasteiger partial charge in [0.15, 0.2) is 11.6 Å². The Morgan fingerprint density at radius 3 is 2.32 bits per heavy atom. The zero-order valence-corrected chi connectivity index (χ0v) is 12.3. The third-order valence-corrected chi connectivity index (χ3v) is 3.98. The molecule has 0 spiro atoms. The number of hydrogen-bond donors (Lipinski definition) is 0. The van der Waals surface area contributed by atoms with Crippen molar-refractivity contribution in [3.8, 4) is 0 Å². The van der Waals surface area contributed by atoms with Gasteiger partial charge in [-0.15, -0.1) is 11.8 Å². The number of halogens is 3. The van der Waals surface area contributed by atoms with Crippen LogP contribution in [0.1, 0.15) is 15.9 Å². The number of carbonyl (C=O) groups is 1. The second-order valence-corrected chi connectivity index (χ2v) is 5.51. The fourth-order valence-corrected chi connectivity index (χ4v) is 2.36. The molecule has 0 atom stereocenters. The summed E-state index contributed by atoms with van der Waals surface area (Å²) in [6, 6.07) is 8.91. The van der Waals surface area contributed by atoms with Crippen LogP contribution in [-0.2, 0) is 0 Å². The molecular weight excluding hydrogens is 334 g/mol. The lowest BCUT2D eigenvalue weighted by atomic mass is 10.0. The first-order chi connectivity index (χ1) is 9.04. The van der Waals surface area contributed by atoms with Crippen LogP contribution in [0.3, 0.4) is 0 Å². The largest absolute Gasteiger partial charge is 0.288 e. The Bertz CT molecular complexity index is 626. The van der Waals surface area contributed by atoms with Crippen molar-refractivity contribution < 1.29 is 13.6 Å². The van der Waals surface area contributed by atoms with E-state index < -0.39 is 23.0 Å². The van der Waals surface area contributed by atoms with Crippen molar-refractivity contribution in [2.24, 2.45) is 0 Å². The molecule has 0 amide bonds. The minimum atomic E-state index is -0.876. The van der Waals surface area contributed by atoms with E-state index >= 15 is 0 Å². The highest BCUT2D eigenvalue weighted by Crippen LogP contribution is 2.24. The predicted octanol–water partition coefficient (Wildman–Crippen LogP) is 4.68. The van der Waals surface area contributed by atoms with E-state index in [-0.39, 0.29) is 10.0 Å². The Kier molecular flexibility index (Phi) is 4.37. The summed E-state index contributed by atoms with van der Waals surface area (Å²) < 4.78 is 27.5. The average Bonchev–Trinajstić information content (AvgIpc) is 2.43. The van der Waals surface area contributed by atoms with Crippen molar-refractivity contribution in [2.45, 2.75) is 4.90 Å². The SMILES string of the molecule is CSc1ccc(C(=O)c2c(F)ccc(Br)c2F)cc1. The van der Waals surface area contributed by atoms with Crippen LogP contribution in [0.2, 0.25) is 0 Å². The molecule has 0 bridgehead atoms. The monoisotopic (exact) mass is 342 g/mol. The van der Waals surface area contributed by atoms with E-state index in [9.17, 15) is 13.6 Å². The number of rotatable bonds is 3. The number of thioether (sulfide) groups is 1. The van der Waals surface area contributed by atoms with E-state index in [4.69, 9.17) is 0 Å². The molecule has 19 heavy (non-hydrogen) atoms. The Labute approximate surface area is 122 Å². The van der Waals surface area contributed by atoms with E-state index in [1.54, 1.807) is 24.3 Å². The Balaban J connectivity index is 2.46. The molecule has 1 nitrogen and oxygen atoms in total. The number of ketones is 1. The van der Waals surface area contributed by atoms with Gasteiger partial charge in [-0.25, -0.2) is 8.78 Å². The maximum atomic E-state index is 13.8. The van der Waals surface area contributed by atoms with Crippen LogP contribution in [0.4, 0.5) is 8.78 Å². The fourth-order valence-electron chi connectivity index (χ4n) is 1.62. The number of hydrogen-bond acceptors (Lipinski definition) is 2. The molecule has 0 aliphatic rings. The highest BCUT2D eigenvalue weighted by molar-refractivity contribution is 9.10. The van der Waals surface area contributed by atoms with Gasteiger partial charge in [-0.05, 0) is 58.6 Å². The normalized spacial score (nSPS) is 10.5. The molecule has 0 saturated heterocycles. The summed E-state index contributed by atoms with van der Waals surface area (Å²) in [7, 11) is 0. The van der Waals surface area contributed by atoms with Crippen LogP contribution in [0, 0.1) is 11.6 Å². The first-order valence-electron chi connectivity index (χ1n) is 5.37. The van der Waals surface area contributed by atoms with Crippen molar-refractivity contribution in [3.63, 3.8) is 0 Å². The van der Waals surface area contributed by atoms with E-state index in [1.165, 1.54) is 17.8 Å². The quantitative estimate of drug-likeness (QED) is 0.457. The second kappa shape index (κ2) is 5.84. The van der Waals surface area contributed by atoms with Gasteiger partial charge in [-0.2, -0.15) is 0 Å². The third kappa shape index (κ3) is 2.87. The molecule has 5 heteroatoms. The third-order valence-electron chi connectivity index (χ3n) is 2.62. The van der Waals surface area contributed by atoms with Crippen LogP contribution in [0.5, 0.6) is 0 Å². The number of benzene rings is 2. The van der Waals surface area contributed by atoms with Crippen molar-refractivity contribution in [2.75, 3.05) is 6.26 Å². The van der Waals surface area contributed by atoms with Gasteiger partial charge in [0.25, 0.3) is 0 Å². The van der Waals surface area contributed by atoms with Crippen molar-refractivity contribution in [1.29, 1.82) is 0 Å². The molecule has 0 fully saturated rings. The standard InChI is InChI=1S/C14H9BrF2OS/c1-19-9-4-2-8(3-5-9)14(18)12-11(16)7-6-10(15)13(12)17/h2-7H,1H3. The molecular formula is C14H9BrF2OS. The predicted molar refractivity (Wildman–Crippen MR) is 75.7 cm³/mol. The second-order valence-electron chi connectivity index (χ2n) is 3.78. The van der Waals surface area contributed by atoms with Crippen molar-refractivity contribution in [1.82, 2.24) is 0 Å². The summed E-state index contributed by atoms with van der Waals surface area (Å²) in [5.74, 6) is -2.40. The van der Waals surface area contributed by atoms with Gasteiger partial charge in [0.1, 0.15) is 5.82 Å². The van der Waals surface area contributed by atoms with E-state index in [0.717, 1.165) is 11.0 Å². The fraction of sp³-hybridized carbons (Fsp3) is 0.0714. The van der Waals surface area contributed by atoms with Gasteiger partial charge in [0.05, 0.1) is 10.0 Å². The van der Waals surface area contributed by atoms with Crippen LogP contribution < -0.4 is 0 Å². The van der Waals surface area contributed by atoms with Gasteiger partial charge in [0, 0.05) is 10.5 Å². The molecule has 2 aromatic carbocycles. The molecule has 0 N–H and O–H groups in total. The molecule has 0 saturated carbocycles. The topological polar surface area (TPSA) is 17.1 Å². The maximum Gasteiger partial charge on any atom is 0.198 e. The molecule has 0 radical (unpaired) electrons. The summed E-state index contributed by atoms with van der Waals surface area (Å²) in [4.78, 5) is 13.1. The number of carbonyl (C=O) groups excluding carboxylic acids is 1. The molecule has 0 aliphatic heterocycles. The lowest BCUT2D eigenvalue weighted by molar-refractivity contribution is 0.103. The first-order valence-corrected chi connectivity index (χ1v) is 7.38. The minimum absolute atomic E-state index is 0.0676. The molecule has 0 heterocycles. The summed E-state index contributed by atoms with van der Waals surface area (Å²) in [6.07, 6.45) is 1.91. The lowest BCUT2D eigenvalue weighted by Crippen LogP contribution is -2.08. The summed E-state index contributed by atoms with van der Waals surface area (Å²) in [5.41, 5.74) is -0.278.